The fraction of sp³-hybridized carbons (Fsp3) is 0.571. The normalized spacial score (nSPS) is 25.9. The number of hydrogen-bond acceptors (Lipinski definition) is 4. The Kier molecular flexibility index (Phi) is 5.48. The summed E-state index contributed by atoms with van der Waals surface area (Å²) in [6, 6.07) is 4.02. The standard InChI is InChI=1S/C14H19Br2NO3/c1-9-14(18,3-4-20-9)8-17-7-10-5-11(15)13(19-2)12(16)6-10/h5-6,9,17-18H,3-4,7-8H2,1-2H3. The van der Waals surface area contributed by atoms with Crippen LogP contribution >= 0.6 is 31.9 Å². The van der Waals surface area contributed by atoms with Crippen molar-refractivity contribution in [1.29, 1.82) is 0 Å². The largest absolute Gasteiger partial charge is 0.494 e. The summed E-state index contributed by atoms with van der Waals surface area (Å²) in [5.41, 5.74) is 0.348. The SMILES string of the molecule is COc1c(Br)cc(CNCC2(O)CCOC2C)cc1Br. The number of halogens is 2. The summed E-state index contributed by atoms with van der Waals surface area (Å²) in [7, 11) is 1.64. The van der Waals surface area contributed by atoms with Crippen molar-refractivity contribution in [2.75, 3.05) is 20.3 Å². The molecule has 1 saturated heterocycles. The van der Waals surface area contributed by atoms with Gasteiger partial charge in [-0.1, -0.05) is 0 Å². The molecule has 2 atom stereocenters. The fourth-order valence-electron chi connectivity index (χ4n) is 2.34. The third-order valence-electron chi connectivity index (χ3n) is 3.68. The predicted octanol–water partition coefficient (Wildman–Crippen LogP) is 2.85. The molecule has 2 rings (SSSR count). The Morgan fingerprint density at radius 3 is 2.60 bits per heavy atom. The number of ether oxygens (including phenoxy) is 2. The molecule has 0 aromatic heterocycles. The van der Waals surface area contributed by atoms with Gasteiger partial charge >= 0.3 is 0 Å². The molecule has 0 saturated carbocycles. The van der Waals surface area contributed by atoms with E-state index in [-0.39, 0.29) is 6.10 Å². The van der Waals surface area contributed by atoms with Crippen LogP contribution in [0.15, 0.2) is 21.1 Å². The second-order valence-corrected chi connectivity index (χ2v) is 6.77. The summed E-state index contributed by atoms with van der Waals surface area (Å²) in [5.74, 6) is 0.783. The molecule has 1 fully saturated rings. The first-order chi connectivity index (χ1) is 9.46. The first-order valence-corrected chi connectivity index (χ1v) is 8.11. The number of benzene rings is 1. The molecule has 4 nitrogen and oxygen atoms in total. The molecule has 0 spiro atoms. The highest BCUT2D eigenvalue weighted by Crippen LogP contribution is 2.34. The van der Waals surface area contributed by atoms with Crippen molar-refractivity contribution in [3.05, 3.63) is 26.6 Å². The van der Waals surface area contributed by atoms with E-state index in [0.717, 1.165) is 20.3 Å². The molecule has 2 N–H and O–H groups in total. The molecule has 6 heteroatoms. The predicted molar refractivity (Wildman–Crippen MR) is 85.1 cm³/mol. The Labute approximate surface area is 136 Å². The van der Waals surface area contributed by atoms with Crippen LogP contribution in [-0.4, -0.2) is 37.1 Å². The van der Waals surface area contributed by atoms with Crippen LogP contribution in [0.5, 0.6) is 5.75 Å². The van der Waals surface area contributed by atoms with Crippen LogP contribution in [0.1, 0.15) is 18.9 Å². The quantitative estimate of drug-likeness (QED) is 0.786. The number of aliphatic hydroxyl groups is 1. The lowest BCUT2D eigenvalue weighted by Crippen LogP contribution is -2.45. The van der Waals surface area contributed by atoms with E-state index >= 15 is 0 Å². The average Bonchev–Trinajstić information content (AvgIpc) is 2.69. The first kappa shape index (κ1) is 16.2. The number of methoxy groups -OCH3 is 1. The minimum absolute atomic E-state index is 0.121. The number of nitrogens with one attached hydrogen (secondary N) is 1. The molecule has 1 aliphatic rings. The smallest absolute Gasteiger partial charge is 0.147 e. The van der Waals surface area contributed by atoms with Crippen molar-refractivity contribution in [2.24, 2.45) is 0 Å². The summed E-state index contributed by atoms with van der Waals surface area (Å²) in [5, 5.41) is 13.7. The van der Waals surface area contributed by atoms with Gasteiger partial charge in [0.25, 0.3) is 0 Å². The zero-order valence-electron chi connectivity index (χ0n) is 11.6. The fourth-order valence-corrected chi connectivity index (χ4v) is 3.94. The van der Waals surface area contributed by atoms with Crippen molar-refractivity contribution < 1.29 is 14.6 Å². The van der Waals surface area contributed by atoms with Crippen LogP contribution in [-0.2, 0) is 11.3 Å². The maximum absolute atomic E-state index is 10.4. The van der Waals surface area contributed by atoms with Crippen molar-refractivity contribution in [3.63, 3.8) is 0 Å². The van der Waals surface area contributed by atoms with E-state index in [4.69, 9.17) is 9.47 Å². The van der Waals surface area contributed by atoms with Gasteiger partial charge in [-0.15, -0.1) is 0 Å². The van der Waals surface area contributed by atoms with E-state index in [0.29, 0.717) is 26.1 Å². The maximum atomic E-state index is 10.4. The summed E-state index contributed by atoms with van der Waals surface area (Å²) in [4.78, 5) is 0. The Hall–Kier alpha value is -0.140. The molecule has 112 valence electrons. The van der Waals surface area contributed by atoms with Gasteiger partial charge in [-0.05, 0) is 56.5 Å². The lowest BCUT2D eigenvalue weighted by atomic mass is 9.96. The Balaban J connectivity index is 1.95. The van der Waals surface area contributed by atoms with Gasteiger partial charge in [-0.2, -0.15) is 0 Å². The zero-order chi connectivity index (χ0) is 14.8. The molecular formula is C14H19Br2NO3. The molecule has 0 amide bonds. The van der Waals surface area contributed by atoms with E-state index in [1.165, 1.54) is 0 Å². The monoisotopic (exact) mass is 407 g/mol. The number of rotatable bonds is 5. The lowest BCUT2D eigenvalue weighted by molar-refractivity contribution is -0.0262. The van der Waals surface area contributed by atoms with E-state index in [1.54, 1.807) is 7.11 Å². The summed E-state index contributed by atoms with van der Waals surface area (Å²) < 4.78 is 12.5. The molecule has 1 aliphatic heterocycles. The Morgan fingerprint density at radius 2 is 2.10 bits per heavy atom. The summed E-state index contributed by atoms with van der Waals surface area (Å²) >= 11 is 6.97. The van der Waals surface area contributed by atoms with Crippen LogP contribution in [0, 0.1) is 0 Å². The second kappa shape index (κ2) is 6.75. The molecule has 20 heavy (non-hydrogen) atoms. The molecule has 0 bridgehead atoms. The van der Waals surface area contributed by atoms with Gasteiger partial charge in [0, 0.05) is 26.1 Å². The second-order valence-electron chi connectivity index (χ2n) is 5.06. The van der Waals surface area contributed by atoms with E-state index in [2.05, 4.69) is 37.2 Å². The van der Waals surface area contributed by atoms with Gasteiger partial charge in [0.15, 0.2) is 0 Å². The topological polar surface area (TPSA) is 50.7 Å². The van der Waals surface area contributed by atoms with Crippen molar-refractivity contribution >= 4 is 31.9 Å². The van der Waals surface area contributed by atoms with Crippen LogP contribution in [0.4, 0.5) is 0 Å². The van der Waals surface area contributed by atoms with Crippen molar-refractivity contribution in [2.45, 2.75) is 31.6 Å². The molecule has 1 aromatic carbocycles. The van der Waals surface area contributed by atoms with Crippen LogP contribution in [0.3, 0.4) is 0 Å². The lowest BCUT2D eigenvalue weighted by Gasteiger charge is -2.26. The van der Waals surface area contributed by atoms with Crippen molar-refractivity contribution in [1.82, 2.24) is 5.32 Å². The zero-order valence-corrected chi connectivity index (χ0v) is 14.8. The van der Waals surface area contributed by atoms with Gasteiger partial charge in [-0.25, -0.2) is 0 Å². The van der Waals surface area contributed by atoms with Crippen LogP contribution < -0.4 is 10.1 Å². The molecule has 2 unspecified atom stereocenters. The Bertz CT molecular complexity index is 460. The molecular weight excluding hydrogens is 390 g/mol. The van der Waals surface area contributed by atoms with Gasteiger partial charge in [0.2, 0.25) is 0 Å². The van der Waals surface area contributed by atoms with Gasteiger partial charge in [0.05, 0.1) is 22.2 Å². The summed E-state index contributed by atoms with van der Waals surface area (Å²) in [6.45, 7) is 3.74. The minimum Gasteiger partial charge on any atom is -0.494 e. The highest BCUT2D eigenvalue weighted by atomic mass is 79.9. The summed E-state index contributed by atoms with van der Waals surface area (Å²) in [6.07, 6.45) is 0.557. The minimum atomic E-state index is -0.763. The molecule has 1 heterocycles. The van der Waals surface area contributed by atoms with Gasteiger partial charge in [-0.3, -0.25) is 0 Å². The number of hydrogen-bond donors (Lipinski definition) is 2. The third kappa shape index (κ3) is 3.54. The van der Waals surface area contributed by atoms with Crippen LogP contribution in [0.2, 0.25) is 0 Å². The molecule has 0 aliphatic carbocycles. The van der Waals surface area contributed by atoms with E-state index in [1.807, 2.05) is 19.1 Å². The Morgan fingerprint density at radius 1 is 1.45 bits per heavy atom. The highest BCUT2D eigenvalue weighted by molar-refractivity contribution is 9.11. The van der Waals surface area contributed by atoms with Crippen molar-refractivity contribution in [3.8, 4) is 5.75 Å². The maximum Gasteiger partial charge on any atom is 0.147 e. The van der Waals surface area contributed by atoms with Gasteiger partial charge in [0.1, 0.15) is 11.4 Å². The highest BCUT2D eigenvalue weighted by Gasteiger charge is 2.38. The van der Waals surface area contributed by atoms with Crippen LogP contribution in [0.25, 0.3) is 0 Å². The van der Waals surface area contributed by atoms with E-state index in [9.17, 15) is 5.11 Å². The third-order valence-corrected chi connectivity index (χ3v) is 4.86. The van der Waals surface area contributed by atoms with E-state index < -0.39 is 5.60 Å². The molecule has 1 aromatic rings. The van der Waals surface area contributed by atoms with Gasteiger partial charge < -0.3 is 19.9 Å². The average molecular weight is 409 g/mol. The molecule has 0 radical (unpaired) electrons. The first-order valence-electron chi connectivity index (χ1n) is 6.53.